The van der Waals surface area contributed by atoms with Gasteiger partial charge in [-0.1, -0.05) is 0 Å². The van der Waals surface area contributed by atoms with Crippen LogP contribution in [0, 0.1) is 13.8 Å². The van der Waals surface area contributed by atoms with Gasteiger partial charge in [0.15, 0.2) is 5.82 Å². The van der Waals surface area contributed by atoms with Crippen LogP contribution in [0.5, 0.6) is 17.2 Å². The lowest BCUT2D eigenvalue weighted by molar-refractivity contribution is 0.200. The number of methoxy groups -OCH3 is 2. The Labute approximate surface area is 152 Å². The van der Waals surface area contributed by atoms with Crippen LogP contribution in [0.25, 0.3) is 22.3 Å². The van der Waals surface area contributed by atoms with Crippen LogP contribution in [-0.2, 0) is 0 Å². The van der Waals surface area contributed by atoms with E-state index >= 15 is 0 Å². The second-order valence-corrected chi connectivity index (χ2v) is 5.97. The summed E-state index contributed by atoms with van der Waals surface area (Å²) in [5.74, 6) is 2.75. The molecular formula is C20H22N2O4. The molecule has 0 bridgehead atoms. The first kappa shape index (κ1) is 17.9. The van der Waals surface area contributed by atoms with Crippen molar-refractivity contribution in [1.82, 2.24) is 9.97 Å². The van der Waals surface area contributed by atoms with Crippen molar-refractivity contribution < 1.29 is 19.3 Å². The highest BCUT2D eigenvalue weighted by molar-refractivity contribution is 5.87. The number of benzene rings is 2. The third-order valence-electron chi connectivity index (χ3n) is 4.15. The topological polar surface area (TPSA) is 73.7 Å². The van der Waals surface area contributed by atoms with Gasteiger partial charge in [-0.3, -0.25) is 0 Å². The van der Waals surface area contributed by atoms with Gasteiger partial charge >= 0.3 is 0 Å². The molecule has 0 aliphatic rings. The fourth-order valence-corrected chi connectivity index (χ4v) is 2.96. The number of aryl methyl sites for hydroxylation is 2. The number of hydrogen-bond donors (Lipinski definition) is 1. The second kappa shape index (κ2) is 7.58. The van der Waals surface area contributed by atoms with Crippen molar-refractivity contribution in [1.29, 1.82) is 0 Å². The molecule has 136 valence electrons. The number of rotatable bonds is 6. The van der Waals surface area contributed by atoms with Crippen molar-refractivity contribution in [2.45, 2.75) is 13.8 Å². The number of aliphatic hydroxyl groups excluding tert-OH is 1. The molecule has 3 rings (SSSR count). The third kappa shape index (κ3) is 3.41. The Morgan fingerprint density at radius 3 is 2.35 bits per heavy atom. The summed E-state index contributed by atoms with van der Waals surface area (Å²) < 4.78 is 16.3. The molecule has 0 radical (unpaired) electrons. The standard InChI is InChI=1S/C20H22N2O4/c1-12-7-14(8-13(2)19(12)26-6-5-23)20-21-11-16-17(22-20)9-15(24-3)10-18(16)25-4/h7-11,23H,5-6H2,1-4H3. The van der Waals surface area contributed by atoms with Crippen LogP contribution in [0.2, 0.25) is 0 Å². The predicted molar refractivity (Wildman–Crippen MR) is 100 cm³/mol. The molecular weight excluding hydrogens is 332 g/mol. The minimum absolute atomic E-state index is 0.0158. The summed E-state index contributed by atoms with van der Waals surface area (Å²) >= 11 is 0. The number of aromatic nitrogens is 2. The molecule has 0 saturated carbocycles. The molecule has 0 saturated heterocycles. The highest BCUT2D eigenvalue weighted by Gasteiger charge is 2.12. The molecule has 1 aromatic heterocycles. The normalized spacial score (nSPS) is 10.8. The summed E-state index contributed by atoms with van der Waals surface area (Å²) in [5.41, 5.74) is 3.60. The molecule has 1 N–H and O–H groups in total. The maximum Gasteiger partial charge on any atom is 0.159 e. The predicted octanol–water partition coefficient (Wildman–Crippen LogP) is 3.30. The molecule has 0 unspecified atom stereocenters. The SMILES string of the molecule is COc1cc(OC)c2cnc(-c3cc(C)c(OCCO)c(C)c3)nc2c1. The zero-order chi connectivity index (χ0) is 18.7. The lowest BCUT2D eigenvalue weighted by atomic mass is 10.0. The molecule has 0 spiro atoms. The first-order valence-electron chi connectivity index (χ1n) is 8.31. The molecule has 6 nitrogen and oxygen atoms in total. The van der Waals surface area contributed by atoms with Crippen molar-refractivity contribution in [3.63, 3.8) is 0 Å². The van der Waals surface area contributed by atoms with Crippen LogP contribution in [0.4, 0.5) is 0 Å². The Morgan fingerprint density at radius 2 is 1.73 bits per heavy atom. The Hall–Kier alpha value is -2.86. The molecule has 3 aromatic rings. The number of nitrogens with zero attached hydrogens (tertiary/aromatic N) is 2. The van der Waals surface area contributed by atoms with Gasteiger partial charge in [0.1, 0.15) is 23.9 Å². The van der Waals surface area contributed by atoms with Crippen LogP contribution in [0.3, 0.4) is 0 Å². The van der Waals surface area contributed by atoms with E-state index < -0.39 is 0 Å². The molecule has 0 aliphatic heterocycles. The number of fused-ring (bicyclic) bond motifs is 1. The summed E-state index contributed by atoms with van der Waals surface area (Å²) in [4.78, 5) is 9.19. The zero-order valence-electron chi connectivity index (χ0n) is 15.4. The van der Waals surface area contributed by atoms with E-state index in [1.165, 1.54) is 0 Å². The lowest BCUT2D eigenvalue weighted by Gasteiger charge is -2.13. The molecule has 2 aromatic carbocycles. The van der Waals surface area contributed by atoms with Crippen molar-refractivity contribution >= 4 is 10.9 Å². The van der Waals surface area contributed by atoms with E-state index in [0.29, 0.717) is 17.3 Å². The first-order chi connectivity index (χ1) is 12.6. The molecule has 0 aliphatic carbocycles. The number of hydrogen-bond acceptors (Lipinski definition) is 6. The summed E-state index contributed by atoms with van der Waals surface area (Å²) in [6.45, 7) is 4.19. The summed E-state index contributed by atoms with van der Waals surface area (Å²) in [6.07, 6.45) is 1.76. The van der Waals surface area contributed by atoms with Crippen molar-refractivity contribution in [3.05, 3.63) is 41.6 Å². The highest BCUT2D eigenvalue weighted by atomic mass is 16.5. The van der Waals surface area contributed by atoms with Crippen LogP contribution in [0.1, 0.15) is 11.1 Å². The van der Waals surface area contributed by atoms with Crippen LogP contribution >= 0.6 is 0 Å². The largest absolute Gasteiger partial charge is 0.497 e. The fraction of sp³-hybridized carbons (Fsp3) is 0.300. The first-order valence-corrected chi connectivity index (χ1v) is 8.31. The third-order valence-corrected chi connectivity index (χ3v) is 4.15. The number of ether oxygens (including phenoxy) is 3. The average Bonchev–Trinajstić information content (AvgIpc) is 2.65. The average molecular weight is 354 g/mol. The molecule has 0 amide bonds. The lowest BCUT2D eigenvalue weighted by Crippen LogP contribution is -2.04. The highest BCUT2D eigenvalue weighted by Crippen LogP contribution is 2.32. The maximum absolute atomic E-state index is 8.96. The second-order valence-electron chi connectivity index (χ2n) is 5.97. The van der Waals surface area contributed by atoms with Gasteiger partial charge in [0, 0.05) is 23.9 Å². The van der Waals surface area contributed by atoms with Crippen molar-refractivity contribution in [2.75, 3.05) is 27.4 Å². The number of aliphatic hydroxyl groups is 1. The molecule has 0 atom stereocenters. The van der Waals surface area contributed by atoms with Crippen molar-refractivity contribution in [3.8, 4) is 28.6 Å². The van der Waals surface area contributed by atoms with E-state index in [1.807, 2.05) is 38.1 Å². The monoisotopic (exact) mass is 354 g/mol. The Balaban J connectivity index is 2.08. The summed E-state index contributed by atoms with van der Waals surface area (Å²) in [6, 6.07) is 7.64. The van der Waals surface area contributed by atoms with Crippen LogP contribution in [0.15, 0.2) is 30.5 Å². The minimum Gasteiger partial charge on any atom is -0.497 e. The molecule has 26 heavy (non-hydrogen) atoms. The Kier molecular flexibility index (Phi) is 5.23. The van der Waals surface area contributed by atoms with Gasteiger partial charge < -0.3 is 19.3 Å². The Bertz CT molecular complexity index is 917. The van der Waals surface area contributed by atoms with E-state index in [2.05, 4.69) is 9.97 Å². The Morgan fingerprint density at radius 1 is 1.00 bits per heavy atom. The quantitative estimate of drug-likeness (QED) is 0.732. The zero-order valence-corrected chi connectivity index (χ0v) is 15.4. The maximum atomic E-state index is 8.96. The van der Waals surface area contributed by atoms with Gasteiger partial charge in [0.2, 0.25) is 0 Å². The van der Waals surface area contributed by atoms with Gasteiger partial charge in [0.25, 0.3) is 0 Å². The van der Waals surface area contributed by atoms with Gasteiger partial charge in [-0.2, -0.15) is 0 Å². The summed E-state index contributed by atoms with van der Waals surface area (Å²) in [7, 11) is 3.22. The van der Waals surface area contributed by atoms with Gasteiger partial charge in [0.05, 0.1) is 31.7 Å². The molecule has 0 fully saturated rings. The van der Waals surface area contributed by atoms with E-state index in [4.69, 9.17) is 19.3 Å². The minimum atomic E-state index is -0.0158. The fourth-order valence-electron chi connectivity index (χ4n) is 2.96. The molecule has 6 heteroatoms. The van der Waals surface area contributed by atoms with Gasteiger partial charge in [-0.15, -0.1) is 0 Å². The van der Waals surface area contributed by atoms with Crippen molar-refractivity contribution in [2.24, 2.45) is 0 Å². The van der Waals surface area contributed by atoms with Crippen LogP contribution < -0.4 is 14.2 Å². The smallest absolute Gasteiger partial charge is 0.159 e. The van der Waals surface area contributed by atoms with E-state index in [9.17, 15) is 0 Å². The van der Waals surface area contributed by atoms with Gasteiger partial charge in [-0.05, 0) is 37.1 Å². The van der Waals surface area contributed by atoms with Gasteiger partial charge in [-0.25, -0.2) is 9.97 Å². The van der Waals surface area contributed by atoms with E-state index in [1.54, 1.807) is 20.4 Å². The van der Waals surface area contributed by atoms with E-state index in [-0.39, 0.29) is 13.2 Å². The molecule has 1 heterocycles. The van der Waals surface area contributed by atoms with Crippen LogP contribution in [-0.4, -0.2) is 42.5 Å². The van der Waals surface area contributed by atoms with E-state index in [0.717, 1.165) is 33.3 Å². The summed E-state index contributed by atoms with van der Waals surface area (Å²) in [5, 5.41) is 9.79.